The molecule has 1 aromatic rings. The summed E-state index contributed by atoms with van der Waals surface area (Å²) in [5.41, 5.74) is 5.85. The molecule has 8 heteroatoms. The smallest absolute Gasteiger partial charge is 0.416 e. The summed E-state index contributed by atoms with van der Waals surface area (Å²) in [4.78, 5) is 15.3. The second-order valence-electron chi connectivity index (χ2n) is 9.72. The maximum atomic E-state index is 13.2. The van der Waals surface area contributed by atoms with Crippen molar-refractivity contribution >= 4 is 5.97 Å². The Labute approximate surface area is 189 Å². The van der Waals surface area contributed by atoms with Crippen molar-refractivity contribution in [3.63, 3.8) is 0 Å². The van der Waals surface area contributed by atoms with Gasteiger partial charge in [0.2, 0.25) is 0 Å². The van der Waals surface area contributed by atoms with Gasteiger partial charge < -0.3 is 9.64 Å². The van der Waals surface area contributed by atoms with Gasteiger partial charge in [0.05, 0.1) is 17.6 Å². The topological polar surface area (TPSA) is 53.6 Å². The monoisotopic (exact) mass is 455 g/mol. The normalized spacial score (nSPS) is 24.1. The first-order valence-electron chi connectivity index (χ1n) is 11.7. The summed E-state index contributed by atoms with van der Waals surface area (Å²) < 4.78 is 44.8. The summed E-state index contributed by atoms with van der Waals surface area (Å²) in [5.74, 6) is 0.346. The van der Waals surface area contributed by atoms with E-state index in [2.05, 4.69) is 29.6 Å². The third-order valence-corrected chi connectivity index (χ3v) is 6.61. The highest BCUT2D eigenvalue weighted by Gasteiger charge is 2.43. The van der Waals surface area contributed by atoms with Crippen molar-refractivity contribution in [3.05, 3.63) is 35.4 Å². The summed E-state index contributed by atoms with van der Waals surface area (Å²) >= 11 is 0. The van der Waals surface area contributed by atoms with Crippen LogP contribution in [-0.4, -0.2) is 49.2 Å². The highest BCUT2D eigenvalue weighted by Crippen LogP contribution is 2.38. The van der Waals surface area contributed by atoms with Gasteiger partial charge in [-0.2, -0.15) is 13.2 Å². The Hall–Kier alpha value is -1.64. The standard InChI is InChI=1S/C24H36F3N3O2/c1-4-32-22(31)23(15-18-6-5-7-19(13-18)24(25,26)27)8-10-30(11-9-23)16-21-14-20(28-29-21)12-17(2)3/h5-7,13,17,20-21,28-29H,4,8-12,14-16H2,1-3H3. The zero-order valence-corrected chi connectivity index (χ0v) is 19.3. The van der Waals surface area contributed by atoms with E-state index < -0.39 is 17.2 Å². The van der Waals surface area contributed by atoms with Gasteiger partial charge in [-0.3, -0.25) is 15.6 Å². The van der Waals surface area contributed by atoms with Crippen molar-refractivity contribution < 1.29 is 22.7 Å². The van der Waals surface area contributed by atoms with Crippen LogP contribution in [0, 0.1) is 11.3 Å². The number of benzene rings is 1. The lowest BCUT2D eigenvalue weighted by Gasteiger charge is -2.40. The van der Waals surface area contributed by atoms with Gasteiger partial charge in [-0.1, -0.05) is 32.0 Å². The van der Waals surface area contributed by atoms with Gasteiger partial charge in [0.25, 0.3) is 0 Å². The summed E-state index contributed by atoms with van der Waals surface area (Å²) in [6.45, 7) is 8.82. The Morgan fingerprint density at radius 2 is 1.91 bits per heavy atom. The molecule has 2 aliphatic heterocycles. The van der Waals surface area contributed by atoms with Crippen LogP contribution < -0.4 is 10.9 Å². The minimum absolute atomic E-state index is 0.266. The van der Waals surface area contributed by atoms with Crippen LogP contribution in [0.5, 0.6) is 0 Å². The molecule has 2 aliphatic rings. The summed E-state index contributed by atoms with van der Waals surface area (Å²) in [7, 11) is 0. The van der Waals surface area contributed by atoms with Crippen molar-refractivity contribution in [1.29, 1.82) is 0 Å². The molecule has 1 aromatic carbocycles. The number of hydrazine groups is 1. The van der Waals surface area contributed by atoms with E-state index >= 15 is 0 Å². The number of rotatable bonds is 8. The molecule has 0 amide bonds. The van der Waals surface area contributed by atoms with Gasteiger partial charge in [0.1, 0.15) is 0 Å². The number of nitrogens with one attached hydrogen (secondary N) is 2. The molecule has 2 N–H and O–H groups in total. The molecular weight excluding hydrogens is 419 g/mol. The molecule has 5 nitrogen and oxygen atoms in total. The molecule has 0 radical (unpaired) electrons. The highest BCUT2D eigenvalue weighted by atomic mass is 19.4. The van der Waals surface area contributed by atoms with Gasteiger partial charge in [0, 0.05) is 18.6 Å². The molecule has 2 fully saturated rings. The number of carbonyl (C=O) groups excluding carboxylic acids is 1. The minimum atomic E-state index is -4.40. The number of carbonyl (C=O) groups is 1. The third-order valence-electron chi connectivity index (χ3n) is 6.61. The van der Waals surface area contributed by atoms with E-state index in [0.717, 1.165) is 44.6 Å². The number of esters is 1. The van der Waals surface area contributed by atoms with Crippen LogP contribution in [0.3, 0.4) is 0 Å². The molecular formula is C24H36F3N3O2. The van der Waals surface area contributed by atoms with Crippen LogP contribution in [0.25, 0.3) is 0 Å². The van der Waals surface area contributed by atoms with Crippen LogP contribution in [0.2, 0.25) is 0 Å². The van der Waals surface area contributed by atoms with Crippen molar-refractivity contribution in [3.8, 4) is 0 Å². The van der Waals surface area contributed by atoms with Crippen LogP contribution in [0.15, 0.2) is 24.3 Å². The lowest BCUT2D eigenvalue weighted by Crippen LogP contribution is -2.49. The van der Waals surface area contributed by atoms with Crippen LogP contribution in [0.1, 0.15) is 57.6 Å². The molecule has 0 bridgehead atoms. The van der Waals surface area contributed by atoms with Gasteiger partial charge in [-0.25, -0.2) is 0 Å². The number of likely N-dealkylation sites (tertiary alicyclic amines) is 1. The Morgan fingerprint density at radius 3 is 2.53 bits per heavy atom. The fraction of sp³-hybridized carbons (Fsp3) is 0.708. The third kappa shape index (κ3) is 6.45. The maximum absolute atomic E-state index is 13.2. The van der Waals surface area contributed by atoms with E-state index in [1.54, 1.807) is 13.0 Å². The zero-order chi connectivity index (χ0) is 23.4. The number of hydrogen-bond donors (Lipinski definition) is 2. The van der Waals surface area contributed by atoms with Crippen molar-refractivity contribution in [2.24, 2.45) is 11.3 Å². The first-order chi connectivity index (χ1) is 15.1. The predicted molar refractivity (Wildman–Crippen MR) is 118 cm³/mol. The fourth-order valence-electron chi connectivity index (χ4n) is 5.00. The molecule has 0 aliphatic carbocycles. The Morgan fingerprint density at radius 1 is 1.22 bits per heavy atom. The first kappa shape index (κ1) is 25.0. The first-order valence-corrected chi connectivity index (χ1v) is 11.7. The molecule has 2 unspecified atom stereocenters. The van der Waals surface area contributed by atoms with Crippen LogP contribution in [-0.2, 0) is 22.1 Å². The van der Waals surface area contributed by atoms with E-state index in [4.69, 9.17) is 4.74 Å². The molecule has 0 saturated carbocycles. The quantitative estimate of drug-likeness (QED) is 0.576. The second kappa shape index (κ2) is 10.5. The lowest BCUT2D eigenvalue weighted by atomic mass is 9.73. The maximum Gasteiger partial charge on any atom is 0.416 e. The van der Waals surface area contributed by atoms with Gasteiger partial charge >= 0.3 is 12.1 Å². The van der Waals surface area contributed by atoms with E-state index in [0.29, 0.717) is 36.4 Å². The summed E-state index contributed by atoms with van der Waals surface area (Å²) in [5, 5.41) is 0. The van der Waals surface area contributed by atoms with Gasteiger partial charge in [0.15, 0.2) is 0 Å². The van der Waals surface area contributed by atoms with E-state index in [1.807, 2.05) is 0 Å². The average Bonchev–Trinajstić information content (AvgIpc) is 3.15. The Kier molecular flexibility index (Phi) is 8.22. The second-order valence-corrected chi connectivity index (χ2v) is 9.72. The largest absolute Gasteiger partial charge is 0.466 e. The molecule has 32 heavy (non-hydrogen) atoms. The molecule has 0 spiro atoms. The molecule has 2 saturated heterocycles. The minimum Gasteiger partial charge on any atom is -0.466 e. The van der Waals surface area contributed by atoms with Crippen molar-refractivity contribution in [2.75, 3.05) is 26.2 Å². The zero-order valence-electron chi connectivity index (χ0n) is 19.3. The number of piperidine rings is 1. The highest BCUT2D eigenvalue weighted by molar-refractivity contribution is 5.77. The average molecular weight is 456 g/mol. The molecule has 180 valence electrons. The molecule has 3 rings (SSSR count). The Balaban J connectivity index is 1.64. The summed E-state index contributed by atoms with van der Waals surface area (Å²) in [6.07, 6.45) is -0.765. The number of halogens is 3. The Bertz CT molecular complexity index is 761. The molecule has 2 atom stereocenters. The van der Waals surface area contributed by atoms with Gasteiger partial charge in [-0.15, -0.1) is 0 Å². The van der Waals surface area contributed by atoms with Crippen molar-refractivity contribution in [1.82, 2.24) is 15.8 Å². The van der Waals surface area contributed by atoms with E-state index in [9.17, 15) is 18.0 Å². The summed E-state index contributed by atoms with van der Waals surface area (Å²) in [6, 6.07) is 6.15. The van der Waals surface area contributed by atoms with Crippen LogP contribution >= 0.6 is 0 Å². The number of alkyl halides is 3. The van der Waals surface area contributed by atoms with E-state index in [-0.39, 0.29) is 19.0 Å². The number of ether oxygens (including phenoxy) is 1. The predicted octanol–water partition coefficient (Wildman–Crippen LogP) is 4.17. The SMILES string of the molecule is CCOC(=O)C1(Cc2cccc(C(F)(F)F)c2)CCN(CC2CC(CC(C)C)NN2)CC1. The number of hydrogen-bond acceptors (Lipinski definition) is 5. The fourth-order valence-corrected chi connectivity index (χ4v) is 5.00. The number of nitrogens with zero attached hydrogens (tertiary/aromatic N) is 1. The molecule has 0 aromatic heterocycles. The molecule has 2 heterocycles. The van der Waals surface area contributed by atoms with Crippen molar-refractivity contribution in [2.45, 2.75) is 71.1 Å². The van der Waals surface area contributed by atoms with E-state index in [1.165, 1.54) is 6.07 Å². The lowest BCUT2D eigenvalue weighted by molar-refractivity contribution is -0.158. The van der Waals surface area contributed by atoms with Crippen LogP contribution in [0.4, 0.5) is 13.2 Å². The van der Waals surface area contributed by atoms with Gasteiger partial charge in [-0.05, 0) is 69.7 Å².